The Morgan fingerprint density at radius 3 is 2.94 bits per heavy atom. The number of pyridine rings is 1. The van der Waals surface area contributed by atoms with Crippen LogP contribution < -0.4 is 5.56 Å². The first-order valence-electron chi connectivity index (χ1n) is 9.99. The largest absolute Gasteiger partial charge is 0.360 e. The maximum absolute atomic E-state index is 12.9. The zero-order valence-electron chi connectivity index (χ0n) is 17.0. The number of Topliss-reactive ketones (excluding diaryl/α,β-unsaturated/α-hetero) is 1. The van der Waals surface area contributed by atoms with Crippen LogP contribution in [0.25, 0.3) is 11.0 Å². The number of aromatic nitrogens is 4. The van der Waals surface area contributed by atoms with Crippen molar-refractivity contribution in [3.05, 3.63) is 81.4 Å². The molecule has 0 aliphatic carbocycles. The average Bonchev–Trinajstić information content (AvgIpc) is 3.39. The van der Waals surface area contributed by atoms with E-state index in [4.69, 9.17) is 4.52 Å². The minimum Gasteiger partial charge on any atom is -0.360 e. The van der Waals surface area contributed by atoms with E-state index in [9.17, 15) is 9.59 Å². The molecule has 0 radical (unpaired) electrons. The normalized spacial score (nSPS) is 13.8. The van der Waals surface area contributed by atoms with Crippen molar-refractivity contribution >= 4 is 28.2 Å². The first-order chi connectivity index (χ1) is 15.0. The summed E-state index contributed by atoms with van der Waals surface area (Å²) in [7, 11) is 0. The van der Waals surface area contributed by atoms with Crippen molar-refractivity contribution in [3.8, 4) is 0 Å². The number of nitrogens with zero attached hydrogens (tertiary/aromatic N) is 4. The Morgan fingerprint density at radius 1 is 1.19 bits per heavy atom. The third-order valence-corrected chi connectivity index (χ3v) is 5.44. The third-order valence-electron chi connectivity index (χ3n) is 5.44. The van der Waals surface area contributed by atoms with E-state index >= 15 is 0 Å². The van der Waals surface area contributed by atoms with Crippen molar-refractivity contribution in [2.45, 2.75) is 32.6 Å². The molecule has 154 valence electrons. The molecule has 1 atom stereocenters. The monoisotopic (exact) mass is 413 g/mol. The predicted molar refractivity (Wildman–Crippen MR) is 115 cm³/mol. The second kappa shape index (κ2) is 7.39. The Kier molecular flexibility index (Phi) is 4.54. The zero-order chi connectivity index (χ0) is 21.5. The lowest BCUT2D eigenvalue weighted by molar-refractivity contribution is 0.0968. The highest BCUT2D eigenvalue weighted by Gasteiger charge is 2.23. The van der Waals surface area contributed by atoms with E-state index in [2.05, 4.69) is 38.1 Å². The molecule has 1 aliphatic rings. The van der Waals surface area contributed by atoms with Gasteiger partial charge in [0.2, 0.25) is 5.56 Å². The summed E-state index contributed by atoms with van der Waals surface area (Å²) in [5, 5.41) is 4.70. The minimum absolute atomic E-state index is 0.161. The fraction of sp³-hybridized carbons (Fsp3) is 0.217. The summed E-state index contributed by atoms with van der Waals surface area (Å²) in [5.41, 5.74) is 5.23. The summed E-state index contributed by atoms with van der Waals surface area (Å²) in [6.45, 7) is 3.96. The highest BCUT2D eigenvalue weighted by molar-refractivity contribution is 6.06. The SMILES string of the molecule is Cc1ccc2c(c1)CC(c1cc([C@@H](C)CC(=O)c3ncnc4[nH]c(=O)ccc34)on1)=N2. The van der Waals surface area contributed by atoms with Gasteiger partial charge in [0.1, 0.15) is 29.1 Å². The molecular weight excluding hydrogens is 394 g/mol. The lowest BCUT2D eigenvalue weighted by atomic mass is 9.98. The lowest BCUT2D eigenvalue weighted by Crippen LogP contribution is -2.11. The lowest BCUT2D eigenvalue weighted by Gasteiger charge is -2.07. The maximum atomic E-state index is 12.9. The van der Waals surface area contributed by atoms with Gasteiger partial charge in [0.15, 0.2) is 5.78 Å². The van der Waals surface area contributed by atoms with Crippen molar-refractivity contribution in [1.82, 2.24) is 20.1 Å². The summed E-state index contributed by atoms with van der Waals surface area (Å²) in [4.78, 5) is 39.8. The number of fused-ring (bicyclic) bond motifs is 2. The quantitative estimate of drug-likeness (QED) is 0.499. The smallest absolute Gasteiger partial charge is 0.249 e. The first kappa shape index (κ1) is 19.0. The standard InChI is InChI=1S/C23H19N5O3/c1-12-3-5-16-14(7-12)9-17(26-16)18-10-20(31-28-18)13(2)8-19(29)22-15-4-6-21(30)27-23(15)25-11-24-22/h3-7,10-11,13H,8-9H2,1-2H3,(H,24,25,27,30)/t13-/m0/s1. The molecule has 4 heterocycles. The van der Waals surface area contributed by atoms with Crippen molar-refractivity contribution in [2.75, 3.05) is 0 Å². The van der Waals surface area contributed by atoms with Gasteiger partial charge in [-0.3, -0.25) is 14.6 Å². The number of ketones is 1. The Hall–Kier alpha value is -3.94. The number of hydrogen-bond donors (Lipinski definition) is 1. The number of aryl methyl sites for hydroxylation is 1. The van der Waals surface area contributed by atoms with Crippen LogP contribution in [0.1, 0.15) is 52.3 Å². The number of nitrogens with one attached hydrogen (secondary N) is 1. The number of benzene rings is 1. The van der Waals surface area contributed by atoms with E-state index < -0.39 is 0 Å². The van der Waals surface area contributed by atoms with E-state index in [1.807, 2.05) is 25.1 Å². The Balaban J connectivity index is 1.34. The van der Waals surface area contributed by atoms with Crippen molar-refractivity contribution in [2.24, 2.45) is 4.99 Å². The molecule has 3 aromatic heterocycles. The molecule has 0 saturated carbocycles. The number of carbonyl (C=O) groups is 1. The number of hydrogen-bond acceptors (Lipinski definition) is 7. The zero-order valence-corrected chi connectivity index (χ0v) is 17.0. The van der Waals surface area contributed by atoms with E-state index in [1.54, 1.807) is 6.07 Å². The van der Waals surface area contributed by atoms with E-state index in [-0.39, 0.29) is 29.4 Å². The predicted octanol–water partition coefficient (Wildman–Crippen LogP) is 3.67. The molecule has 1 N–H and O–H groups in total. The summed E-state index contributed by atoms with van der Waals surface area (Å²) in [5.74, 6) is 0.254. The molecule has 4 aromatic rings. The molecule has 5 rings (SSSR count). The van der Waals surface area contributed by atoms with Crippen LogP contribution in [0, 0.1) is 6.92 Å². The molecule has 1 aromatic carbocycles. The molecule has 31 heavy (non-hydrogen) atoms. The molecule has 0 bridgehead atoms. The van der Waals surface area contributed by atoms with Crippen LogP contribution in [0.5, 0.6) is 0 Å². The first-order valence-corrected chi connectivity index (χ1v) is 9.99. The van der Waals surface area contributed by atoms with Gasteiger partial charge >= 0.3 is 0 Å². The fourth-order valence-electron chi connectivity index (χ4n) is 3.80. The second-order valence-corrected chi connectivity index (χ2v) is 7.82. The van der Waals surface area contributed by atoms with Gasteiger partial charge in [0, 0.05) is 36.3 Å². The Bertz CT molecular complexity index is 1420. The highest BCUT2D eigenvalue weighted by atomic mass is 16.5. The van der Waals surface area contributed by atoms with Gasteiger partial charge in [0.05, 0.1) is 11.4 Å². The van der Waals surface area contributed by atoms with Crippen LogP contribution >= 0.6 is 0 Å². The average molecular weight is 413 g/mol. The summed E-state index contributed by atoms with van der Waals surface area (Å²) < 4.78 is 5.54. The van der Waals surface area contributed by atoms with Crippen LogP contribution in [-0.4, -0.2) is 31.6 Å². The van der Waals surface area contributed by atoms with Gasteiger partial charge in [-0.1, -0.05) is 29.8 Å². The minimum atomic E-state index is -0.278. The van der Waals surface area contributed by atoms with Crippen molar-refractivity contribution in [3.63, 3.8) is 0 Å². The summed E-state index contributed by atoms with van der Waals surface area (Å²) >= 11 is 0. The van der Waals surface area contributed by atoms with E-state index in [0.29, 0.717) is 28.9 Å². The number of aliphatic imine (C=N–C) groups is 1. The van der Waals surface area contributed by atoms with Crippen LogP contribution in [0.3, 0.4) is 0 Å². The van der Waals surface area contributed by atoms with Crippen LogP contribution in [-0.2, 0) is 6.42 Å². The molecule has 0 saturated heterocycles. The summed E-state index contributed by atoms with van der Waals surface area (Å²) in [6.07, 6.45) is 2.17. The van der Waals surface area contributed by atoms with Crippen molar-refractivity contribution in [1.29, 1.82) is 0 Å². The van der Waals surface area contributed by atoms with Gasteiger partial charge in [-0.25, -0.2) is 9.97 Å². The Morgan fingerprint density at radius 2 is 2.06 bits per heavy atom. The molecule has 1 aliphatic heterocycles. The third kappa shape index (κ3) is 3.56. The molecule has 8 heteroatoms. The molecule has 8 nitrogen and oxygen atoms in total. The topological polar surface area (TPSA) is 114 Å². The van der Waals surface area contributed by atoms with E-state index in [0.717, 1.165) is 11.4 Å². The highest BCUT2D eigenvalue weighted by Crippen LogP contribution is 2.30. The van der Waals surface area contributed by atoms with Crippen LogP contribution in [0.4, 0.5) is 5.69 Å². The van der Waals surface area contributed by atoms with E-state index in [1.165, 1.54) is 23.5 Å². The molecule has 0 fully saturated rings. The van der Waals surface area contributed by atoms with Gasteiger partial charge in [-0.15, -0.1) is 0 Å². The Labute approximate surface area is 177 Å². The van der Waals surface area contributed by atoms with Gasteiger partial charge in [-0.05, 0) is 24.6 Å². The van der Waals surface area contributed by atoms with Crippen LogP contribution in [0.2, 0.25) is 0 Å². The molecular formula is C23H19N5O3. The van der Waals surface area contributed by atoms with Crippen LogP contribution in [0.15, 0.2) is 57.0 Å². The maximum Gasteiger partial charge on any atom is 0.249 e. The van der Waals surface area contributed by atoms with Crippen molar-refractivity contribution < 1.29 is 9.32 Å². The second-order valence-electron chi connectivity index (χ2n) is 7.82. The van der Waals surface area contributed by atoms with Gasteiger partial charge in [-0.2, -0.15) is 0 Å². The number of aromatic amines is 1. The number of rotatable bonds is 5. The molecule has 0 spiro atoms. The van der Waals surface area contributed by atoms with Gasteiger partial charge < -0.3 is 9.51 Å². The summed E-state index contributed by atoms with van der Waals surface area (Å²) in [6, 6.07) is 11.0. The number of H-pyrrole nitrogens is 1. The number of carbonyl (C=O) groups excluding carboxylic acids is 1. The molecule has 0 unspecified atom stereocenters. The van der Waals surface area contributed by atoms with Gasteiger partial charge in [0.25, 0.3) is 0 Å². The molecule has 0 amide bonds. The fourth-order valence-corrected chi connectivity index (χ4v) is 3.80.